The van der Waals surface area contributed by atoms with Crippen molar-refractivity contribution >= 4 is 35.2 Å². The molecule has 0 spiro atoms. The fourth-order valence-corrected chi connectivity index (χ4v) is 6.04. The third-order valence-corrected chi connectivity index (χ3v) is 7.87. The van der Waals surface area contributed by atoms with Gasteiger partial charge in [-0.2, -0.15) is 14.4 Å². The Kier molecular flexibility index (Phi) is 8.48. The molecular formula is C23H35ClFN7O3. The normalized spacial score (nSPS) is 24.0. The third-order valence-electron chi connectivity index (χ3n) is 7.70. The lowest BCUT2D eigenvalue weighted by Gasteiger charge is -2.49. The maximum atomic E-state index is 15.6. The topological polar surface area (TPSA) is 123 Å². The van der Waals surface area contributed by atoms with E-state index in [-0.39, 0.29) is 29.5 Å². The number of hydrazine groups is 1. The lowest BCUT2D eigenvalue weighted by Crippen LogP contribution is -2.60. The summed E-state index contributed by atoms with van der Waals surface area (Å²) in [5, 5.41) is 11.2. The molecule has 2 aliphatic carbocycles. The summed E-state index contributed by atoms with van der Waals surface area (Å²) in [6, 6.07) is 0.475. The lowest BCUT2D eigenvalue weighted by molar-refractivity contribution is -0.124. The molecule has 4 N–H and O–H groups in total. The number of anilines is 2. The number of aromatic nitrogens is 2. The van der Waals surface area contributed by atoms with Crippen molar-refractivity contribution in [2.75, 3.05) is 37.0 Å². The summed E-state index contributed by atoms with van der Waals surface area (Å²) >= 11 is 6.17. The van der Waals surface area contributed by atoms with Crippen molar-refractivity contribution in [3.05, 3.63) is 11.1 Å². The summed E-state index contributed by atoms with van der Waals surface area (Å²) in [7, 11) is 2.10. The van der Waals surface area contributed by atoms with Crippen molar-refractivity contribution in [3.8, 4) is 0 Å². The second kappa shape index (κ2) is 11.6. The van der Waals surface area contributed by atoms with Gasteiger partial charge in [0.2, 0.25) is 17.0 Å². The van der Waals surface area contributed by atoms with E-state index in [0.29, 0.717) is 24.9 Å². The van der Waals surface area contributed by atoms with Crippen molar-refractivity contribution in [1.29, 1.82) is 0 Å². The molecule has 0 bridgehead atoms. The summed E-state index contributed by atoms with van der Waals surface area (Å²) in [6.45, 7) is 1.40. The minimum Gasteiger partial charge on any atom is -0.465 e. The molecule has 1 saturated heterocycles. The molecule has 12 heteroatoms. The molecule has 194 valence electrons. The predicted molar refractivity (Wildman–Crippen MR) is 131 cm³/mol. The van der Waals surface area contributed by atoms with Crippen LogP contribution in [-0.4, -0.2) is 70.7 Å². The number of hydrogen-bond donors (Lipinski definition) is 4. The maximum Gasteiger partial charge on any atom is 0.404 e. The number of carbonyl (C=O) groups is 2. The number of likely N-dealkylation sites (N-methyl/N-ethyl adjacent to an activating group) is 1. The van der Waals surface area contributed by atoms with Gasteiger partial charge in [-0.15, -0.1) is 0 Å². The summed E-state index contributed by atoms with van der Waals surface area (Å²) in [5.74, 6) is -1.36. The van der Waals surface area contributed by atoms with E-state index < -0.39 is 23.7 Å². The number of rotatable bonds is 8. The van der Waals surface area contributed by atoms with Crippen LogP contribution in [0.1, 0.15) is 57.8 Å². The molecule has 10 nitrogen and oxygen atoms in total. The Morgan fingerprint density at radius 1 is 1.11 bits per heavy atom. The minimum absolute atomic E-state index is 0.0119. The molecule has 1 aromatic heterocycles. The van der Waals surface area contributed by atoms with Crippen molar-refractivity contribution < 1.29 is 19.1 Å². The Morgan fingerprint density at radius 3 is 2.51 bits per heavy atom. The first-order valence-corrected chi connectivity index (χ1v) is 12.9. The number of hydrogen-bond acceptors (Lipinski definition) is 7. The Bertz CT molecular complexity index is 917. The monoisotopic (exact) mass is 511 g/mol. The molecule has 0 aromatic carbocycles. The molecule has 2 heterocycles. The first-order valence-electron chi connectivity index (χ1n) is 12.6. The smallest absolute Gasteiger partial charge is 0.404 e. The number of carbonyl (C=O) groups excluding carboxylic acids is 1. The van der Waals surface area contributed by atoms with Gasteiger partial charge in [-0.05, 0) is 43.8 Å². The van der Waals surface area contributed by atoms with Gasteiger partial charge in [0.15, 0.2) is 11.6 Å². The van der Waals surface area contributed by atoms with E-state index >= 15 is 4.39 Å². The van der Waals surface area contributed by atoms with Crippen LogP contribution in [0, 0.1) is 17.7 Å². The highest BCUT2D eigenvalue weighted by atomic mass is 35.5. The Balaban J connectivity index is 1.47. The van der Waals surface area contributed by atoms with E-state index in [1.165, 1.54) is 0 Å². The fourth-order valence-electron chi connectivity index (χ4n) is 5.88. The number of nitrogens with zero attached hydrogens (tertiary/aromatic N) is 4. The Hall–Kier alpha value is -2.40. The van der Waals surface area contributed by atoms with Gasteiger partial charge in [0, 0.05) is 31.7 Å². The summed E-state index contributed by atoms with van der Waals surface area (Å²) in [4.78, 5) is 36.4. The predicted octanol–water partition coefficient (Wildman–Crippen LogP) is 3.24. The van der Waals surface area contributed by atoms with Crippen LogP contribution < -0.4 is 21.1 Å². The van der Waals surface area contributed by atoms with Crippen LogP contribution in [0.25, 0.3) is 0 Å². The molecule has 1 aliphatic heterocycles. The molecule has 35 heavy (non-hydrogen) atoms. The number of fused-ring (bicyclic) bond motifs is 1. The molecular weight excluding hydrogens is 477 g/mol. The molecule has 2 saturated carbocycles. The molecule has 2 unspecified atom stereocenters. The van der Waals surface area contributed by atoms with Gasteiger partial charge in [0.05, 0.1) is 5.92 Å². The summed E-state index contributed by atoms with van der Waals surface area (Å²) in [6.07, 6.45) is 7.92. The molecule has 2 amide bonds. The van der Waals surface area contributed by atoms with E-state index in [0.717, 1.165) is 57.9 Å². The van der Waals surface area contributed by atoms with Crippen molar-refractivity contribution in [3.63, 3.8) is 0 Å². The number of amides is 2. The third kappa shape index (κ3) is 6.24. The highest BCUT2D eigenvalue weighted by Gasteiger charge is 2.38. The second-order valence-corrected chi connectivity index (χ2v) is 10.3. The van der Waals surface area contributed by atoms with Crippen LogP contribution >= 0.6 is 11.6 Å². The van der Waals surface area contributed by atoms with Crippen LogP contribution in [0.15, 0.2) is 0 Å². The Morgan fingerprint density at radius 2 is 1.80 bits per heavy atom. The van der Waals surface area contributed by atoms with Gasteiger partial charge in [0.1, 0.15) is 0 Å². The quantitative estimate of drug-likeness (QED) is 0.310. The molecule has 1 aromatic rings. The van der Waals surface area contributed by atoms with Gasteiger partial charge < -0.3 is 15.3 Å². The standard InChI is InChI=1S/C23H35ClFN7O3/c1-31-10-11-32(17-9-5-4-8-16(17)31)20-18(25)19(27-22(24)28-20)29-30-21(33)15(13-26-23(34)35)12-14-6-2-3-7-14/h14-17,26H,2-13H2,1H3,(H,30,33)(H,34,35)(H,27,28,29)/t15-,16?,17?/m1/s1. The first-order chi connectivity index (χ1) is 16.8. The van der Waals surface area contributed by atoms with E-state index in [4.69, 9.17) is 16.7 Å². The van der Waals surface area contributed by atoms with Gasteiger partial charge in [0.25, 0.3) is 0 Å². The maximum absolute atomic E-state index is 15.6. The fraction of sp³-hybridized carbons (Fsp3) is 0.739. The van der Waals surface area contributed by atoms with Gasteiger partial charge in [-0.3, -0.25) is 20.5 Å². The average molecular weight is 512 g/mol. The van der Waals surface area contributed by atoms with Crippen LogP contribution in [0.2, 0.25) is 5.28 Å². The number of piperazine rings is 1. The van der Waals surface area contributed by atoms with Gasteiger partial charge in [-0.25, -0.2) is 4.79 Å². The summed E-state index contributed by atoms with van der Waals surface area (Å²) < 4.78 is 15.6. The average Bonchev–Trinajstić information content (AvgIpc) is 3.35. The Labute approximate surface area is 210 Å². The van der Waals surface area contributed by atoms with E-state index in [9.17, 15) is 9.59 Å². The largest absolute Gasteiger partial charge is 0.465 e. The van der Waals surface area contributed by atoms with Crippen LogP contribution in [0.5, 0.6) is 0 Å². The first kappa shape index (κ1) is 25.7. The van der Waals surface area contributed by atoms with Crippen molar-refractivity contribution in [1.82, 2.24) is 25.6 Å². The zero-order valence-corrected chi connectivity index (χ0v) is 20.9. The zero-order valence-electron chi connectivity index (χ0n) is 20.1. The SMILES string of the molecule is CN1CCN(c2nc(Cl)nc(NNC(=O)[C@@H](CNC(=O)O)CC3CCCC3)c2F)C2CCCCC21. The van der Waals surface area contributed by atoms with Gasteiger partial charge >= 0.3 is 6.09 Å². The highest BCUT2D eigenvalue weighted by molar-refractivity contribution is 6.28. The van der Waals surface area contributed by atoms with Crippen LogP contribution in [-0.2, 0) is 4.79 Å². The van der Waals surface area contributed by atoms with Crippen LogP contribution in [0.3, 0.4) is 0 Å². The van der Waals surface area contributed by atoms with Crippen LogP contribution in [0.4, 0.5) is 20.8 Å². The molecule has 3 aliphatic rings. The van der Waals surface area contributed by atoms with E-state index in [1.54, 1.807) is 0 Å². The highest BCUT2D eigenvalue weighted by Crippen LogP contribution is 2.35. The molecule has 4 rings (SSSR count). The zero-order chi connectivity index (χ0) is 24.9. The van der Waals surface area contributed by atoms with Crippen molar-refractivity contribution in [2.24, 2.45) is 11.8 Å². The number of carboxylic acid groups (broad SMARTS) is 1. The molecule has 0 radical (unpaired) electrons. The van der Waals surface area contributed by atoms with Gasteiger partial charge in [-0.1, -0.05) is 38.5 Å². The minimum atomic E-state index is -1.19. The molecule has 3 atom stereocenters. The van der Waals surface area contributed by atoms with Crippen molar-refractivity contribution in [2.45, 2.75) is 69.9 Å². The van der Waals surface area contributed by atoms with E-state index in [1.807, 2.05) is 4.90 Å². The number of halogens is 2. The number of nitrogens with one attached hydrogen (secondary N) is 3. The summed E-state index contributed by atoms with van der Waals surface area (Å²) in [5.41, 5.74) is 5.11. The molecule has 3 fully saturated rings. The lowest BCUT2D eigenvalue weighted by atomic mass is 9.86. The van der Waals surface area contributed by atoms with E-state index in [2.05, 4.69) is 38.1 Å². The second-order valence-electron chi connectivity index (χ2n) is 9.96.